The number of anilines is 1. The summed E-state index contributed by atoms with van der Waals surface area (Å²) in [6.07, 6.45) is 10.2. The molecule has 2 fully saturated rings. The minimum Gasteiger partial charge on any atom is -0.369 e. The van der Waals surface area contributed by atoms with E-state index >= 15 is 0 Å². The van der Waals surface area contributed by atoms with Crippen molar-refractivity contribution < 1.29 is 0 Å². The Morgan fingerprint density at radius 3 is 2.85 bits per heavy atom. The molecule has 0 radical (unpaired) electrons. The maximum Gasteiger partial charge on any atom is 0.131 e. The molecular weight excluding hydrogens is 250 g/mol. The van der Waals surface area contributed by atoms with Gasteiger partial charge in [0.2, 0.25) is 0 Å². The molecule has 0 amide bonds. The van der Waals surface area contributed by atoms with Crippen LogP contribution in [0.4, 0.5) is 5.82 Å². The summed E-state index contributed by atoms with van der Waals surface area (Å²) >= 11 is 0. The third kappa shape index (κ3) is 1.47. The fourth-order valence-electron chi connectivity index (χ4n) is 4.32. The van der Waals surface area contributed by atoms with Crippen LogP contribution in [0.15, 0.2) is 12.5 Å². The summed E-state index contributed by atoms with van der Waals surface area (Å²) in [4.78, 5) is 9.08. The van der Waals surface area contributed by atoms with Crippen LogP contribution in [0.3, 0.4) is 0 Å². The Hall–Kier alpha value is -1.62. The van der Waals surface area contributed by atoms with Gasteiger partial charge in [-0.3, -0.25) is 0 Å². The molecule has 104 valence electrons. The van der Waals surface area contributed by atoms with Gasteiger partial charge in [-0.1, -0.05) is 0 Å². The number of aromatic nitrogens is 3. The lowest BCUT2D eigenvalue weighted by Gasteiger charge is -2.30. The average molecular weight is 269 g/mol. The van der Waals surface area contributed by atoms with E-state index in [2.05, 4.69) is 25.2 Å². The van der Waals surface area contributed by atoms with Gasteiger partial charge in [0.25, 0.3) is 0 Å². The monoisotopic (exact) mass is 269 g/mol. The molecule has 3 aliphatic heterocycles. The SMILES string of the molecule is c1nc2c(c3c1ncn3[C@@H]1C[C@H]3CC[C@@H](C1)N3)CCN2. The van der Waals surface area contributed by atoms with Crippen LogP contribution >= 0.6 is 0 Å². The van der Waals surface area contributed by atoms with Crippen LogP contribution in [0.1, 0.15) is 37.3 Å². The van der Waals surface area contributed by atoms with Crippen molar-refractivity contribution in [2.24, 2.45) is 0 Å². The Morgan fingerprint density at radius 2 is 2.00 bits per heavy atom. The first-order valence-corrected chi connectivity index (χ1v) is 7.73. The van der Waals surface area contributed by atoms with Crippen molar-refractivity contribution in [3.8, 4) is 0 Å². The summed E-state index contributed by atoms with van der Waals surface area (Å²) in [7, 11) is 0. The highest BCUT2D eigenvalue weighted by molar-refractivity contribution is 5.83. The topological polar surface area (TPSA) is 54.8 Å². The van der Waals surface area contributed by atoms with Crippen molar-refractivity contribution in [1.82, 2.24) is 19.9 Å². The lowest BCUT2D eigenvalue weighted by atomic mass is 9.99. The molecule has 3 aliphatic rings. The van der Waals surface area contributed by atoms with Gasteiger partial charge < -0.3 is 15.2 Å². The zero-order chi connectivity index (χ0) is 13.1. The van der Waals surface area contributed by atoms with Gasteiger partial charge in [0.15, 0.2) is 0 Å². The number of pyridine rings is 1. The lowest BCUT2D eigenvalue weighted by Crippen LogP contribution is -2.38. The molecule has 5 nitrogen and oxygen atoms in total. The molecule has 0 spiro atoms. The zero-order valence-corrected chi connectivity index (χ0v) is 11.5. The van der Waals surface area contributed by atoms with E-state index in [0.29, 0.717) is 18.1 Å². The quantitative estimate of drug-likeness (QED) is 0.829. The Bertz CT molecular complexity index is 664. The minimum atomic E-state index is 0.603. The first-order chi connectivity index (χ1) is 9.88. The van der Waals surface area contributed by atoms with Gasteiger partial charge in [0.1, 0.15) is 11.3 Å². The summed E-state index contributed by atoms with van der Waals surface area (Å²) in [5.74, 6) is 1.07. The van der Waals surface area contributed by atoms with E-state index in [1.165, 1.54) is 36.8 Å². The lowest BCUT2D eigenvalue weighted by molar-refractivity contribution is 0.303. The van der Waals surface area contributed by atoms with Gasteiger partial charge in [-0.15, -0.1) is 0 Å². The van der Waals surface area contributed by atoms with E-state index in [-0.39, 0.29) is 0 Å². The Balaban J connectivity index is 1.64. The third-order valence-corrected chi connectivity index (χ3v) is 5.22. The summed E-state index contributed by atoms with van der Waals surface area (Å²) < 4.78 is 2.44. The fraction of sp³-hybridized carbons (Fsp3) is 0.600. The van der Waals surface area contributed by atoms with Crippen molar-refractivity contribution in [1.29, 1.82) is 0 Å². The van der Waals surface area contributed by atoms with Gasteiger partial charge >= 0.3 is 0 Å². The Kier molecular flexibility index (Phi) is 2.19. The number of hydrogen-bond donors (Lipinski definition) is 2. The summed E-state index contributed by atoms with van der Waals surface area (Å²) in [5, 5.41) is 7.10. The van der Waals surface area contributed by atoms with Crippen molar-refractivity contribution >= 4 is 16.9 Å². The Morgan fingerprint density at radius 1 is 1.15 bits per heavy atom. The molecule has 2 bridgehead atoms. The highest BCUT2D eigenvalue weighted by atomic mass is 15.1. The van der Waals surface area contributed by atoms with Crippen LogP contribution in [0.5, 0.6) is 0 Å². The highest BCUT2D eigenvalue weighted by Gasteiger charge is 2.35. The van der Waals surface area contributed by atoms with Crippen LogP contribution in [0.2, 0.25) is 0 Å². The normalized spacial score (nSPS) is 31.5. The second-order valence-electron chi connectivity index (χ2n) is 6.41. The average Bonchev–Trinajstić information content (AvgIpc) is 3.15. The largest absolute Gasteiger partial charge is 0.369 e. The Labute approximate surface area is 117 Å². The molecule has 5 heterocycles. The summed E-state index contributed by atoms with van der Waals surface area (Å²) in [6.45, 7) is 1.00. The van der Waals surface area contributed by atoms with Crippen LogP contribution in [0, 0.1) is 0 Å². The molecule has 0 saturated carbocycles. The van der Waals surface area contributed by atoms with E-state index in [1.54, 1.807) is 0 Å². The van der Waals surface area contributed by atoms with Crippen LogP contribution in [-0.2, 0) is 6.42 Å². The van der Waals surface area contributed by atoms with Crippen molar-refractivity contribution in [2.75, 3.05) is 11.9 Å². The number of fused-ring (bicyclic) bond motifs is 5. The number of nitrogens with zero attached hydrogens (tertiary/aromatic N) is 3. The maximum absolute atomic E-state index is 4.59. The van der Waals surface area contributed by atoms with Gasteiger partial charge in [-0.05, 0) is 32.1 Å². The smallest absolute Gasteiger partial charge is 0.131 e. The number of rotatable bonds is 1. The van der Waals surface area contributed by atoms with E-state index < -0.39 is 0 Å². The number of imidazole rings is 1. The van der Waals surface area contributed by atoms with Crippen LogP contribution < -0.4 is 10.6 Å². The van der Waals surface area contributed by atoms with E-state index in [4.69, 9.17) is 0 Å². The molecule has 3 atom stereocenters. The molecule has 0 unspecified atom stereocenters. The molecule has 5 heteroatoms. The second-order valence-corrected chi connectivity index (χ2v) is 6.41. The first kappa shape index (κ1) is 11.1. The van der Waals surface area contributed by atoms with Crippen molar-refractivity contribution in [3.05, 3.63) is 18.1 Å². The molecule has 2 N–H and O–H groups in total. The number of hydrogen-bond acceptors (Lipinski definition) is 4. The van der Waals surface area contributed by atoms with Crippen LogP contribution in [0.25, 0.3) is 11.0 Å². The van der Waals surface area contributed by atoms with Crippen LogP contribution in [-0.4, -0.2) is 33.2 Å². The van der Waals surface area contributed by atoms with Crippen molar-refractivity contribution in [3.63, 3.8) is 0 Å². The van der Waals surface area contributed by atoms with Gasteiger partial charge in [0.05, 0.1) is 18.0 Å². The number of nitrogens with one attached hydrogen (secondary N) is 2. The molecule has 0 aliphatic carbocycles. The molecule has 2 aromatic heterocycles. The molecule has 2 aromatic rings. The molecule has 2 saturated heterocycles. The molecule has 20 heavy (non-hydrogen) atoms. The van der Waals surface area contributed by atoms with Gasteiger partial charge in [-0.2, -0.15) is 0 Å². The number of piperidine rings is 1. The summed E-state index contributed by atoms with van der Waals surface area (Å²) in [6, 6.07) is 2.03. The standard InChI is InChI=1S/C15H19N5/c1-2-10-6-11(5-9(1)19-10)20-8-18-13-7-17-15-12(14(13)20)3-4-16-15/h7-11,19H,1-6H2,(H,16,17)/t9-,10+,11-. The predicted octanol–water partition coefficient (Wildman–Crippen LogP) is 1.85. The van der Waals surface area contributed by atoms with E-state index in [0.717, 1.165) is 24.3 Å². The highest BCUT2D eigenvalue weighted by Crippen LogP contribution is 2.37. The minimum absolute atomic E-state index is 0.603. The van der Waals surface area contributed by atoms with E-state index in [9.17, 15) is 0 Å². The van der Waals surface area contributed by atoms with E-state index in [1.807, 2.05) is 12.5 Å². The molecule has 0 aromatic carbocycles. The third-order valence-electron chi connectivity index (χ3n) is 5.22. The zero-order valence-electron chi connectivity index (χ0n) is 11.5. The first-order valence-electron chi connectivity index (χ1n) is 7.73. The molecular formula is C15H19N5. The predicted molar refractivity (Wildman–Crippen MR) is 77.9 cm³/mol. The maximum atomic E-state index is 4.59. The van der Waals surface area contributed by atoms with Gasteiger partial charge in [0, 0.05) is 30.2 Å². The van der Waals surface area contributed by atoms with Crippen molar-refractivity contribution in [2.45, 2.75) is 50.2 Å². The van der Waals surface area contributed by atoms with Gasteiger partial charge in [-0.25, -0.2) is 9.97 Å². The fourth-order valence-corrected chi connectivity index (χ4v) is 4.32. The molecule has 5 rings (SSSR count). The summed E-state index contributed by atoms with van der Waals surface area (Å²) in [5.41, 5.74) is 3.75. The second kappa shape index (κ2) is 3.95.